The molecule has 0 bridgehead atoms. The Morgan fingerprint density at radius 2 is 2.05 bits per heavy atom. The molecule has 0 radical (unpaired) electrons. The van der Waals surface area contributed by atoms with E-state index in [1.807, 2.05) is 6.92 Å². The molecule has 2 amide bonds. The lowest BCUT2D eigenvalue weighted by molar-refractivity contribution is -0.146. The minimum atomic E-state index is -1.10. The van der Waals surface area contributed by atoms with Crippen LogP contribution in [0.25, 0.3) is 0 Å². The first-order chi connectivity index (χ1) is 9.98. The summed E-state index contributed by atoms with van der Waals surface area (Å²) in [4.78, 5) is 25.9. The molecule has 1 aliphatic heterocycles. The van der Waals surface area contributed by atoms with Gasteiger partial charge in [0.25, 0.3) is 0 Å². The SMILES string of the molecule is CCC1COCCN1C(=O)NC1(C(=O)O)CCC(C)CC1. The molecule has 2 N–H and O–H groups in total. The minimum Gasteiger partial charge on any atom is -0.480 e. The lowest BCUT2D eigenvalue weighted by atomic mass is 9.77. The highest BCUT2D eigenvalue weighted by Gasteiger charge is 2.44. The molecule has 120 valence electrons. The van der Waals surface area contributed by atoms with Gasteiger partial charge in [-0.1, -0.05) is 13.8 Å². The smallest absolute Gasteiger partial charge is 0.329 e. The largest absolute Gasteiger partial charge is 0.480 e. The molecular weight excluding hydrogens is 272 g/mol. The summed E-state index contributed by atoms with van der Waals surface area (Å²) in [6, 6.07) is -0.228. The number of rotatable bonds is 3. The third-order valence-electron chi connectivity index (χ3n) is 4.84. The Morgan fingerprint density at radius 1 is 1.38 bits per heavy atom. The Morgan fingerprint density at radius 3 is 2.62 bits per heavy atom. The second-order valence-corrected chi connectivity index (χ2v) is 6.33. The number of carboxylic acids is 1. The van der Waals surface area contributed by atoms with Crippen molar-refractivity contribution in [2.75, 3.05) is 19.8 Å². The van der Waals surface area contributed by atoms with E-state index in [1.54, 1.807) is 4.90 Å². The van der Waals surface area contributed by atoms with Gasteiger partial charge in [-0.3, -0.25) is 0 Å². The molecule has 0 aromatic carbocycles. The van der Waals surface area contributed by atoms with Gasteiger partial charge in [0.2, 0.25) is 0 Å². The number of carbonyl (C=O) groups is 2. The Labute approximate surface area is 125 Å². The highest BCUT2D eigenvalue weighted by Crippen LogP contribution is 2.32. The number of nitrogens with one attached hydrogen (secondary N) is 1. The summed E-state index contributed by atoms with van der Waals surface area (Å²) in [5.74, 6) is -0.384. The van der Waals surface area contributed by atoms with Crippen LogP contribution >= 0.6 is 0 Å². The number of urea groups is 1. The van der Waals surface area contributed by atoms with Gasteiger partial charge in [-0.2, -0.15) is 0 Å². The first-order valence-corrected chi connectivity index (χ1v) is 7.88. The first-order valence-electron chi connectivity index (χ1n) is 7.88. The second kappa shape index (κ2) is 6.64. The summed E-state index contributed by atoms with van der Waals surface area (Å²) in [5, 5.41) is 12.4. The molecule has 21 heavy (non-hydrogen) atoms. The van der Waals surface area contributed by atoms with E-state index in [-0.39, 0.29) is 12.1 Å². The van der Waals surface area contributed by atoms with Crippen molar-refractivity contribution < 1.29 is 19.4 Å². The van der Waals surface area contributed by atoms with Gasteiger partial charge in [-0.05, 0) is 38.0 Å². The van der Waals surface area contributed by atoms with Gasteiger partial charge in [0.1, 0.15) is 5.54 Å². The molecule has 1 saturated carbocycles. The van der Waals surface area contributed by atoms with Crippen molar-refractivity contribution in [3.63, 3.8) is 0 Å². The topological polar surface area (TPSA) is 78.9 Å². The average molecular weight is 298 g/mol. The molecule has 2 aliphatic rings. The van der Waals surface area contributed by atoms with E-state index in [1.165, 1.54) is 0 Å². The van der Waals surface area contributed by atoms with Crippen LogP contribution < -0.4 is 5.32 Å². The highest BCUT2D eigenvalue weighted by atomic mass is 16.5. The number of amides is 2. The van der Waals surface area contributed by atoms with E-state index in [0.717, 1.165) is 19.3 Å². The third kappa shape index (κ3) is 3.48. The Bertz CT molecular complexity index is 391. The molecule has 2 rings (SSSR count). The Hall–Kier alpha value is -1.30. The van der Waals surface area contributed by atoms with Crippen molar-refractivity contribution in [3.05, 3.63) is 0 Å². The molecule has 0 aromatic heterocycles. The van der Waals surface area contributed by atoms with Crippen LogP contribution in [0.5, 0.6) is 0 Å². The molecule has 2 fully saturated rings. The van der Waals surface area contributed by atoms with Crippen LogP contribution in [-0.4, -0.2) is 53.3 Å². The molecule has 6 heteroatoms. The number of carboxylic acid groups (broad SMARTS) is 1. The van der Waals surface area contributed by atoms with Crippen molar-refractivity contribution in [2.24, 2.45) is 5.92 Å². The van der Waals surface area contributed by atoms with Crippen LogP contribution in [0, 0.1) is 5.92 Å². The summed E-state index contributed by atoms with van der Waals surface area (Å²) in [7, 11) is 0. The molecule has 1 heterocycles. The van der Waals surface area contributed by atoms with Crippen molar-refractivity contribution in [3.8, 4) is 0 Å². The van der Waals surface area contributed by atoms with E-state index in [2.05, 4.69) is 12.2 Å². The molecule has 0 aromatic rings. The predicted octanol–water partition coefficient (Wildman–Crippen LogP) is 1.84. The van der Waals surface area contributed by atoms with Gasteiger partial charge in [-0.15, -0.1) is 0 Å². The number of nitrogens with zero attached hydrogens (tertiary/aromatic N) is 1. The number of ether oxygens (including phenoxy) is 1. The molecule has 1 saturated heterocycles. The maximum atomic E-state index is 12.5. The molecule has 1 unspecified atom stereocenters. The lowest BCUT2D eigenvalue weighted by Gasteiger charge is -2.41. The Balaban J connectivity index is 2.06. The van der Waals surface area contributed by atoms with E-state index in [4.69, 9.17) is 4.74 Å². The fourth-order valence-electron chi connectivity index (χ4n) is 3.18. The standard InChI is InChI=1S/C15H26N2O4/c1-3-12-10-21-9-8-17(12)14(20)16-15(13(18)19)6-4-11(2)5-7-15/h11-12H,3-10H2,1-2H3,(H,16,20)(H,18,19). The number of hydrogen-bond donors (Lipinski definition) is 2. The fraction of sp³-hybridized carbons (Fsp3) is 0.867. The zero-order valence-electron chi connectivity index (χ0n) is 12.9. The zero-order valence-corrected chi connectivity index (χ0v) is 12.9. The predicted molar refractivity (Wildman–Crippen MR) is 78.1 cm³/mol. The van der Waals surface area contributed by atoms with Gasteiger partial charge >= 0.3 is 12.0 Å². The van der Waals surface area contributed by atoms with Crippen molar-refractivity contribution in [2.45, 2.75) is 57.5 Å². The van der Waals surface area contributed by atoms with E-state index < -0.39 is 11.5 Å². The normalized spacial score (nSPS) is 33.5. The van der Waals surface area contributed by atoms with Crippen molar-refractivity contribution in [1.82, 2.24) is 10.2 Å². The fourth-order valence-corrected chi connectivity index (χ4v) is 3.18. The molecule has 1 aliphatic carbocycles. The highest BCUT2D eigenvalue weighted by molar-refractivity contribution is 5.86. The number of morpholine rings is 1. The lowest BCUT2D eigenvalue weighted by Crippen LogP contribution is -2.62. The van der Waals surface area contributed by atoms with Crippen LogP contribution in [0.4, 0.5) is 4.79 Å². The summed E-state index contributed by atoms with van der Waals surface area (Å²) < 4.78 is 5.39. The molecular formula is C15H26N2O4. The van der Waals surface area contributed by atoms with Gasteiger partial charge in [0.15, 0.2) is 0 Å². The summed E-state index contributed by atoms with van der Waals surface area (Å²) in [6.07, 6.45) is 3.51. The van der Waals surface area contributed by atoms with Crippen LogP contribution in [0.3, 0.4) is 0 Å². The van der Waals surface area contributed by atoms with Crippen LogP contribution in [-0.2, 0) is 9.53 Å². The third-order valence-corrected chi connectivity index (χ3v) is 4.84. The van der Waals surface area contributed by atoms with Crippen LogP contribution in [0.1, 0.15) is 46.0 Å². The maximum Gasteiger partial charge on any atom is 0.329 e. The van der Waals surface area contributed by atoms with E-state index in [9.17, 15) is 14.7 Å². The second-order valence-electron chi connectivity index (χ2n) is 6.33. The minimum absolute atomic E-state index is 0.0344. The van der Waals surface area contributed by atoms with E-state index >= 15 is 0 Å². The first kappa shape index (κ1) is 16.1. The van der Waals surface area contributed by atoms with Gasteiger partial charge in [0.05, 0.1) is 19.3 Å². The van der Waals surface area contributed by atoms with Crippen LogP contribution in [0.2, 0.25) is 0 Å². The monoisotopic (exact) mass is 298 g/mol. The molecule has 0 spiro atoms. The summed E-state index contributed by atoms with van der Waals surface area (Å²) >= 11 is 0. The number of hydrogen-bond acceptors (Lipinski definition) is 3. The van der Waals surface area contributed by atoms with E-state index in [0.29, 0.717) is 38.5 Å². The Kier molecular flexibility index (Phi) is 5.08. The van der Waals surface area contributed by atoms with Crippen molar-refractivity contribution in [1.29, 1.82) is 0 Å². The zero-order chi connectivity index (χ0) is 15.5. The summed E-state index contributed by atoms with van der Waals surface area (Å²) in [5.41, 5.74) is -1.10. The molecule has 6 nitrogen and oxygen atoms in total. The van der Waals surface area contributed by atoms with Gasteiger partial charge in [0, 0.05) is 6.54 Å². The van der Waals surface area contributed by atoms with Gasteiger partial charge < -0.3 is 20.1 Å². The van der Waals surface area contributed by atoms with Crippen molar-refractivity contribution >= 4 is 12.0 Å². The molecule has 1 atom stereocenters. The van der Waals surface area contributed by atoms with Crippen LogP contribution in [0.15, 0.2) is 0 Å². The van der Waals surface area contributed by atoms with Gasteiger partial charge in [-0.25, -0.2) is 9.59 Å². The maximum absolute atomic E-state index is 12.5. The quantitative estimate of drug-likeness (QED) is 0.833. The number of aliphatic carboxylic acids is 1. The number of carbonyl (C=O) groups excluding carboxylic acids is 1. The summed E-state index contributed by atoms with van der Waals surface area (Å²) in [6.45, 7) is 5.70. The average Bonchev–Trinajstić information content (AvgIpc) is 2.49.